The van der Waals surface area contributed by atoms with Crippen LogP contribution in [0.2, 0.25) is 0 Å². The van der Waals surface area contributed by atoms with Crippen molar-refractivity contribution in [3.63, 3.8) is 0 Å². The van der Waals surface area contributed by atoms with Crippen molar-refractivity contribution in [2.45, 2.75) is 51.1 Å². The van der Waals surface area contributed by atoms with Gasteiger partial charge in [-0.1, -0.05) is 25.8 Å². The lowest BCUT2D eigenvalue weighted by Gasteiger charge is -2.44. The minimum absolute atomic E-state index is 0.106. The highest BCUT2D eigenvalue weighted by molar-refractivity contribution is 5.33. The van der Waals surface area contributed by atoms with Crippen LogP contribution in [0.15, 0.2) is 18.2 Å². The van der Waals surface area contributed by atoms with Gasteiger partial charge in [0, 0.05) is 5.54 Å². The molecule has 20 heavy (non-hydrogen) atoms. The maximum atomic E-state index is 13.7. The predicted molar refractivity (Wildman–Crippen MR) is 82.4 cm³/mol. The molecule has 1 aliphatic rings. The molecule has 0 amide bonds. The van der Waals surface area contributed by atoms with E-state index in [1.165, 1.54) is 31.2 Å². The first-order chi connectivity index (χ1) is 9.51. The van der Waals surface area contributed by atoms with Crippen LogP contribution in [0.3, 0.4) is 0 Å². The third kappa shape index (κ3) is 2.75. The van der Waals surface area contributed by atoms with Gasteiger partial charge in [-0.3, -0.25) is 0 Å². The summed E-state index contributed by atoms with van der Waals surface area (Å²) < 4.78 is 13.7. The molecule has 112 valence electrons. The molecule has 3 heteroatoms. The van der Waals surface area contributed by atoms with Crippen LogP contribution >= 0.6 is 0 Å². The van der Waals surface area contributed by atoms with Crippen molar-refractivity contribution in [2.75, 3.05) is 20.6 Å². The van der Waals surface area contributed by atoms with Crippen molar-refractivity contribution >= 4 is 0 Å². The average Bonchev–Trinajstić information content (AvgIpc) is 2.90. The number of nitrogens with zero attached hydrogens (tertiary/aromatic N) is 1. The van der Waals surface area contributed by atoms with Crippen molar-refractivity contribution < 1.29 is 4.39 Å². The minimum atomic E-state index is -0.139. The number of nitrogens with one attached hydrogen (secondary N) is 1. The molecule has 1 aromatic rings. The summed E-state index contributed by atoms with van der Waals surface area (Å²) in [6, 6.07) is 5.36. The lowest BCUT2D eigenvalue weighted by molar-refractivity contribution is 0.105. The van der Waals surface area contributed by atoms with Crippen LogP contribution < -0.4 is 5.32 Å². The highest BCUT2D eigenvalue weighted by Crippen LogP contribution is 2.44. The molecule has 1 atom stereocenters. The molecule has 1 aromatic carbocycles. The molecule has 0 aromatic heterocycles. The predicted octanol–water partition coefficient (Wildman–Crippen LogP) is 3.66. The van der Waals surface area contributed by atoms with Crippen LogP contribution in [0.4, 0.5) is 4.39 Å². The van der Waals surface area contributed by atoms with E-state index in [9.17, 15) is 4.39 Å². The normalized spacial score (nSPS) is 19.5. The van der Waals surface area contributed by atoms with Crippen LogP contribution in [0.1, 0.15) is 49.8 Å². The zero-order valence-corrected chi connectivity index (χ0v) is 13.2. The Morgan fingerprint density at radius 2 is 1.95 bits per heavy atom. The second-order valence-corrected chi connectivity index (χ2v) is 6.20. The fourth-order valence-corrected chi connectivity index (χ4v) is 3.70. The van der Waals surface area contributed by atoms with Gasteiger partial charge in [0.25, 0.3) is 0 Å². The highest BCUT2D eigenvalue weighted by atomic mass is 19.1. The summed E-state index contributed by atoms with van der Waals surface area (Å²) in [5.74, 6) is -0.139. The van der Waals surface area contributed by atoms with Crippen LogP contribution in [0.5, 0.6) is 0 Å². The first-order valence-electron chi connectivity index (χ1n) is 7.68. The number of likely N-dealkylation sites (N-methyl/N-ethyl adjacent to an activating group) is 2. The third-order valence-electron chi connectivity index (χ3n) is 4.86. The summed E-state index contributed by atoms with van der Waals surface area (Å²) in [4.78, 5) is 2.34. The first kappa shape index (κ1) is 15.5. The molecule has 0 radical (unpaired) electrons. The molecule has 0 heterocycles. The maximum absolute atomic E-state index is 13.7. The van der Waals surface area contributed by atoms with E-state index in [-0.39, 0.29) is 17.4 Å². The summed E-state index contributed by atoms with van der Waals surface area (Å²) in [6.07, 6.45) is 4.87. The van der Waals surface area contributed by atoms with Gasteiger partial charge in [-0.2, -0.15) is 0 Å². The second kappa shape index (κ2) is 6.23. The summed E-state index contributed by atoms with van der Waals surface area (Å²) in [7, 11) is 4.31. The van der Waals surface area contributed by atoms with Gasteiger partial charge in [0.2, 0.25) is 0 Å². The monoisotopic (exact) mass is 278 g/mol. The quantitative estimate of drug-likeness (QED) is 0.884. The molecule has 0 spiro atoms. The number of halogens is 1. The lowest BCUT2D eigenvalue weighted by Crippen LogP contribution is -2.52. The Kier molecular flexibility index (Phi) is 4.82. The Morgan fingerprint density at radius 1 is 1.30 bits per heavy atom. The van der Waals surface area contributed by atoms with Gasteiger partial charge in [-0.25, -0.2) is 4.39 Å². The molecule has 0 aliphatic heterocycles. The van der Waals surface area contributed by atoms with Crippen molar-refractivity contribution in [3.05, 3.63) is 35.1 Å². The van der Waals surface area contributed by atoms with E-state index in [1.54, 1.807) is 12.1 Å². The zero-order chi connectivity index (χ0) is 14.8. The fourth-order valence-electron chi connectivity index (χ4n) is 3.70. The van der Waals surface area contributed by atoms with Crippen molar-refractivity contribution in [2.24, 2.45) is 0 Å². The average molecular weight is 278 g/mol. The van der Waals surface area contributed by atoms with E-state index in [4.69, 9.17) is 0 Å². The number of hydrogen-bond donors (Lipinski definition) is 1. The molecule has 2 nitrogen and oxygen atoms in total. The van der Waals surface area contributed by atoms with E-state index < -0.39 is 0 Å². The van der Waals surface area contributed by atoms with Gasteiger partial charge in [-0.05, 0) is 63.7 Å². The SMILES string of the molecule is CCNC(c1cc(F)ccc1C)C1(N(C)C)CCCC1. The molecule has 1 aliphatic carbocycles. The molecule has 0 bridgehead atoms. The fraction of sp³-hybridized carbons (Fsp3) is 0.647. The minimum Gasteiger partial charge on any atom is -0.309 e. The summed E-state index contributed by atoms with van der Waals surface area (Å²) >= 11 is 0. The maximum Gasteiger partial charge on any atom is 0.123 e. The van der Waals surface area contributed by atoms with Crippen molar-refractivity contribution in [3.8, 4) is 0 Å². The van der Waals surface area contributed by atoms with Crippen molar-refractivity contribution in [1.29, 1.82) is 0 Å². The van der Waals surface area contributed by atoms with Crippen LogP contribution in [-0.4, -0.2) is 31.1 Å². The smallest absolute Gasteiger partial charge is 0.123 e. The lowest BCUT2D eigenvalue weighted by atomic mass is 9.81. The van der Waals surface area contributed by atoms with Gasteiger partial charge >= 0.3 is 0 Å². The Balaban J connectivity index is 2.46. The molecule has 0 saturated heterocycles. The van der Waals surface area contributed by atoms with Crippen LogP contribution in [-0.2, 0) is 0 Å². The number of aryl methyl sites for hydroxylation is 1. The molecule has 2 rings (SSSR count). The van der Waals surface area contributed by atoms with E-state index >= 15 is 0 Å². The van der Waals surface area contributed by atoms with Crippen LogP contribution in [0.25, 0.3) is 0 Å². The Bertz CT molecular complexity index is 450. The number of benzene rings is 1. The topological polar surface area (TPSA) is 15.3 Å². The molecule has 1 saturated carbocycles. The molecule has 1 fully saturated rings. The van der Waals surface area contributed by atoms with Gasteiger partial charge in [0.1, 0.15) is 5.82 Å². The number of hydrogen-bond acceptors (Lipinski definition) is 2. The second-order valence-electron chi connectivity index (χ2n) is 6.20. The van der Waals surface area contributed by atoms with Gasteiger partial charge in [-0.15, -0.1) is 0 Å². The van der Waals surface area contributed by atoms with Crippen LogP contribution in [0, 0.1) is 12.7 Å². The Hall–Kier alpha value is -0.930. The highest BCUT2D eigenvalue weighted by Gasteiger charge is 2.44. The molecule has 1 unspecified atom stereocenters. The Labute approximate surface area is 122 Å². The third-order valence-corrected chi connectivity index (χ3v) is 4.86. The van der Waals surface area contributed by atoms with E-state index in [0.717, 1.165) is 12.1 Å². The molecule has 1 N–H and O–H groups in total. The molecular weight excluding hydrogens is 251 g/mol. The van der Waals surface area contributed by atoms with E-state index in [2.05, 4.69) is 38.2 Å². The molecular formula is C17H27FN2. The van der Waals surface area contributed by atoms with E-state index in [1.807, 2.05) is 6.07 Å². The zero-order valence-electron chi connectivity index (χ0n) is 13.2. The summed E-state index contributed by atoms with van der Waals surface area (Å²) in [6.45, 7) is 5.10. The van der Waals surface area contributed by atoms with Gasteiger partial charge in [0.15, 0.2) is 0 Å². The van der Waals surface area contributed by atoms with Crippen molar-refractivity contribution in [1.82, 2.24) is 10.2 Å². The van der Waals surface area contributed by atoms with Gasteiger partial charge < -0.3 is 10.2 Å². The Morgan fingerprint density at radius 3 is 2.50 bits per heavy atom. The number of rotatable bonds is 5. The van der Waals surface area contributed by atoms with Gasteiger partial charge in [0.05, 0.1) is 6.04 Å². The van der Waals surface area contributed by atoms with E-state index in [0.29, 0.717) is 0 Å². The summed E-state index contributed by atoms with van der Waals surface area (Å²) in [5.41, 5.74) is 2.39. The standard InChI is InChI=1S/C17H27FN2/c1-5-19-16(15-12-14(18)9-8-13(15)2)17(20(3)4)10-6-7-11-17/h8-9,12,16,19H,5-7,10-11H2,1-4H3. The largest absolute Gasteiger partial charge is 0.309 e. The first-order valence-corrected chi connectivity index (χ1v) is 7.68. The summed E-state index contributed by atoms with van der Waals surface area (Å²) in [5, 5.41) is 3.62.